The number of rotatable bonds is 4. The number of nitrogens with two attached hydrogens (primary N) is 1. The summed E-state index contributed by atoms with van der Waals surface area (Å²) in [6.45, 7) is 4.25. The molecule has 2 saturated carbocycles. The third-order valence-electron chi connectivity index (χ3n) is 8.99. The van der Waals surface area contributed by atoms with Crippen molar-refractivity contribution in [3.63, 3.8) is 0 Å². The number of nitrogens with zero attached hydrogens (tertiary/aromatic N) is 1. The minimum Gasteiger partial charge on any atom is -0.384 e. The molecule has 1 aromatic rings. The van der Waals surface area contributed by atoms with Crippen molar-refractivity contribution in [1.29, 1.82) is 0 Å². The summed E-state index contributed by atoms with van der Waals surface area (Å²) in [5.74, 6) is 2.62. The van der Waals surface area contributed by atoms with E-state index in [0.717, 1.165) is 17.5 Å². The van der Waals surface area contributed by atoms with Crippen LogP contribution in [0.3, 0.4) is 0 Å². The van der Waals surface area contributed by atoms with Crippen molar-refractivity contribution in [2.45, 2.75) is 161 Å². The van der Waals surface area contributed by atoms with E-state index in [9.17, 15) is 0 Å². The summed E-state index contributed by atoms with van der Waals surface area (Å²) >= 11 is 0. The molecule has 1 aromatic heterocycles. The van der Waals surface area contributed by atoms with E-state index in [1.807, 2.05) is 6.07 Å². The van der Waals surface area contributed by atoms with E-state index in [0.29, 0.717) is 11.9 Å². The Labute approximate surface area is 217 Å². The number of aromatic nitrogens is 1. The summed E-state index contributed by atoms with van der Waals surface area (Å²) in [5.41, 5.74) is 9.46. The van der Waals surface area contributed by atoms with E-state index >= 15 is 0 Å². The van der Waals surface area contributed by atoms with Crippen LogP contribution in [0.15, 0.2) is 6.07 Å². The number of nitrogens with one attached hydrogen (secondary N) is 1. The van der Waals surface area contributed by atoms with Crippen LogP contribution < -0.4 is 11.1 Å². The van der Waals surface area contributed by atoms with Gasteiger partial charge in [-0.05, 0) is 56.6 Å². The highest BCUT2D eigenvalue weighted by molar-refractivity contribution is 5.58. The summed E-state index contributed by atoms with van der Waals surface area (Å²) < 4.78 is 0. The van der Waals surface area contributed by atoms with Crippen molar-refractivity contribution in [3.8, 4) is 0 Å². The van der Waals surface area contributed by atoms with Crippen LogP contribution in [0.25, 0.3) is 0 Å². The Hall–Kier alpha value is -1.25. The fraction of sp³-hybridized carbons (Fsp3) is 0.844. The Morgan fingerprint density at radius 1 is 0.657 bits per heavy atom. The Morgan fingerprint density at radius 2 is 1.06 bits per heavy atom. The van der Waals surface area contributed by atoms with Crippen LogP contribution in [0.2, 0.25) is 0 Å². The fourth-order valence-electron chi connectivity index (χ4n) is 6.91. The highest BCUT2D eigenvalue weighted by atomic mass is 15.0. The molecule has 2 aliphatic rings. The smallest absolute Gasteiger partial charge is 0.124 e. The molecule has 0 bridgehead atoms. The quantitative estimate of drug-likeness (QED) is 0.448. The van der Waals surface area contributed by atoms with Crippen molar-refractivity contribution in [2.75, 3.05) is 11.1 Å². The van der Waals surface area contributed by atoms with Crippen molar-refractivity contribution in [1.82, 2.24) is 4.98 Å². The predicted molar refractivity (Wildman–Crippen MR) is 154 cm³/mol. The molecule has 0 aromatic carbocycles. The molecule has 2 aliphatic carbocycles. The second-order valence-electron chi connectivity index (χ2n) is 12.2. The first kappa shape index (κ1) is 28.3. The lowest BCUT2D eigenvalue weighted by atomic mass is 9.81. The Morgan fingerprint density at radius 3 is 1.54 bits per heavy atom. The Kier molecular flexibility index (Phi) is 13.3. The van der Waals surface area contributed by atoms with E-state index in [2.05, 4.69) is 24.1 Å². The standard InChI is InChI=1S/C32H57N3/c1-26-24-31(33)34-27(2)32(26)35-30-22-15-11-10-14-20-29(21-16-17-23-30)25-28-18-12-8-6-4-3-5-7-9-13-19-28/h24,28-30,35H,3-23,25H2,1-2H3,(H2,33,34). The number of hydrogen-bond acceptors (Lipinski definition) is 3. The minimum absolute atomic E-state index is 0.571. The molecule has 2 unspecified atom stereocenters. The molecule has 0 spiro atoms. The van der Waals surface area contributed by atoms with E-state index in [1.54, 1.807) is 0 Å². The largest absolute Gasteiger partial charge is 0.384 e. The molecule has 200 valence electrons. The maximum absolute atomic E-state index is 5.96. The number of pyridine rings is 1. The Bertz CT molecular complexity index is 665. The van der Waals surface area contributed by atoms with Gasteiger partial charge in [0.1, 0.15) is 5.82 Å². The van der Waals surface area contributed by atoms with Crippen LogP contribution >= 0.6 is 0 Å². The van der Waals surface area contributed by atoms with Gasteiger partial charge in [0.2, 0.25) is 0 Å². The maximum atomic E-state index is 5.96. The first-order chi connectivity index (χ1) is 17.1. The predicted octanol–water partition coefficient (Wildman–Crippen LogP) is 9.90. The number of hydrogen-bond donors (Lipinski definition) is 2. The second kappa shape index (κ2) is 16.5. The molecule has 3 nitrogen and oxygen atoms in total. The van der Waals surface area contributed by atoms with Gasteiger partial charge in [0, 0.05) is 6.04 Å². The Balaban J connectivity index is 1.50. The summed E-state index contributed by atoms with van der Waals surface area (Å²) in [6, 6.07) is 2.58. The van der Waals surface area contributed by atoms with Gasteiger partial charge in [0.05, 0.1) is 11.4 Å². The van der Waals surface area contributed by atoms with Gasteiger partial charge in [-0.2, -0.15) is 0 Å². The topological polar surface area (TPSA) is 50.9 Å². The molecule has 0 amide bonds. The molecule has 1 heterocycles. The summed E-state index contributed by atoms with van der Waals surface area (Å²) in [7, 11) is 0. The first-order valence-corrected chi connectivity index (χ1v) is 15.6. The molecule has 2 fully saturated rings. The van der Waals surface area contributed by atoms with Gasteiger partial charge >= 0.3 is 0 Å². The summed E-state index contributed by atoms with van der Waals surface area (Å²) in [4.78, 5) is 4.52. The molecule has 2 atom stereocenters. The van der Waals surface area contributed by atoms with Gasteiger partial charge in [0.15, 0.2) is 0 Å². The molecule has 0 saturated heterocycles. The number of anilines is 2. The molecule has 3 heteroatoms. The lowest BCUT2D eigenvalue weighted by Crippen LogP contribution is -2.21. The zero-order valence-corrected chi connectivity index (χ0v) is 23.4. The molecule has 35 heavy (non-hydrogen) atoms. The highest BCUT2D eigenvalue weighted by Gasteiger charge is 2.19. The van der Waals surface area contributed by atoms with Crippen LogP contribution in [0.4, 0.5) is 11.5 Å². The zero-order valence-electron chi connectivity index (χ0n) is 23.4. The molecule has 3 rings (SSSR count). The van der Waals surface area contributed by atoms with Crippen LogP contribution in [-0.4, -0.2) is 11.0 Å². The average Bonchev–Trinajstić information content (AvgIpc) is 2.80. The number of aryl methyl sites for hydroxylation is 2. The summed E-state index contributed by atoms with van der Waals surface area (Å²) in [5, 5.41) is 3.89. The molecular weight excluding hydrogens is 426 g/mol. The first-order valence-electron chi connectivity index (χ1n) is 15.6. The van der Waals surface area contributed by atoms with E-state index < -0.39 is 0 Å². The van der Waals surface area contributed by atoms with E-state index in [4.69, 9.17) is 5.73 Å². The lowest BCUT2D eigenvalue weighted by Gasteiger charge is -2.26. The minimum atomic E-state index is 0.571. The normalized spacial score (nSPS) is 25.4. The number of nitrogen functional groups attached to an aromatic ring is 1. The third kappa shape index (κ3) is 11.1. The lowest BCUT2D eigenvalue weighted by molar-refractivity contribution is 0.278. The van der Waals surface area contributed by atoms with E-state index in [1.165, 1.54) is 153 Å². The average molecular weight is 484 g/mol. The van der Waals surface area contributed by atoms with Gasteiger partial charge < -0.3 is 11.1 Å². The molecular formula is C32H57N3. The van der Waals surface area contributed by atoms with Gasteiger partial charge in [0.25, 0.3) is 0 Å². The van der Waals surface area contributed by atoms with Gasteiger partial charge in [-0.3, -0.25) is 0 Å². The molecule has 3 N–H and O–H groups in total. The van der Waals surface area contributed by atoms with Gasteiger partial charge in [-0.15, -0.1) is 0 Å². The fourth-order valence-corrected chi connectivity index (χ4v) is 6.91. The van der Waals surface area contributed by atoms with Crippen molar-refractivity contribution in [3.05, 3.63) is 17.3 Å². The molecule has 0 aliphatic heterocycles. The van der Waals surface area contributed by atoms with Crippen molar-refractivity contribution in [2.24, 2.45) is 11.8 Å². The second-order valence-corrected chi connectivity index (χ2v) is 12.2. The van der Waals surface area contributed by atoms with Crippen molar-refractivity contribution >= 4 is 11.5 Å². The van der Waals surface area contributed by atoms with Gasteiger partial charge in [-0.1, -0.05) is 122 Å². The molecule has 0 radical (unpaired) electrons. The highest BCUT2D eigenvalue weighted by Crippen LogP contribution is 2.32. The third-order valence-corrected chi connectivity index (χ3v) is 8.99. The monoisotopic (exact) mass is 483 g/mol. The van der Waals surface area contributed by atoms with Crippen LogP contribution in [0.1, 0.15) is 153 Å². The summed E-state index contributed by atoms with van der Waals surface area (Å²) in [6.07, 6.45) is 31.8. The van der Waals surface area contributed by atoms with Crippen LogP contribution in [-0.2, 0) is 0 Å². The maximum Gasteiger partial charge on any atom is 0.124 e. The van der Waals surface area contributed by atoms with E-state index in [-0.39, 0.29) is 0 Å². The SMILES string of the molecule is Cc1cc(N)nc(C)c1NC1CCCCCCC(CC2CCCCCCCCCCC2)CCCC1. The van der Waals surface area contributed by atoms with Gasteiger partial charge in [-0.25, -0.2) is 4.98 Å². The zero-order chi connectivity index (χ0) is 24.7. The van der Waals surface area contributed by atoms with Crippen molar-refractivity contribution < 1.29 is 0 Å². The van der Waals surface area contributed by atoms with Crippen LogP contribution in [0.5, 0.6) is 0 Å². The van der Waals surface area contributed by atoms with Crippen LogP contribution in [0, 0.1) is 25.7 Å².